The van der Waals surface area contributed by atoms with Gasteiger partial charge in [0, 0.05) is 31.7 Å². The molecule has 1 N–H and O–H groups in total. The van der Waals surface area contributed by atoms with Crippen LogP contribution in [0.1, 0.15) is 29.2 Å². The first-order valence-electron chi connectivity index (χ1n) is 13.5. The second-order valence-electron chi connectivity index (χ2n) is 9.97. The Morgan fingerprint density at radius 1 is 0.925 bits per heavy atom. The number of para-hydroxylation sites is 1. The summed E-state index contributed by atoms with van der Waals surface area (Å²) in [5.74, 6) is 0.373. The molecular formula is C32H34N2O6. The Morgan fingerprint density at radius 2 is 1.68 bits per heavy atom. The van der Waals surface area contributed by atoms with E-state index in [-0.39, 0.29) is 11.3 Å². The molecule has 2 fully saturated rings. The normalized spacial score (nSPS) is 19.1. The van der Waals surface area contributed by atoms with E-state index in [0.29, 0.717) is 54.6 Å². The predicted octanol–water partition coefficient (Wildman–Crippen LogP) is 4.94. The number of rotatable bonds is 9. The third kappa shape index (κ3) is 5.88. The highest BCUT2D eigenvalue weighted by Crippen LogP contribution is 2.41. The van der Waals surface area contributed by atoms with Crippen LogP contribution in [0.5, 0.6) is 17.2 Å². The van der Waals surface area contributed by atoms with Crippen molar-refractivity contribution >= 4 is 17.4 Å². The van der Waals surface area contributed by atoms with Gasteiger partial charge in [0.15, 0.2) is 0 Å². The number of Topliss-reactive ketones (excluding diaryl/α,β-unsaturated/α-hetero) is 1. The maximum Gasteiger partial charge on any atom is 0.295 e. The molecule has 0 aliphatic carbocycles. The Morgan fingerprint density at radius 3 is 2.40 bits per heavy atom. The van der Waals surface area contributed by atoms with E-state index in [2.05, 4.69) is 4.90 Å². The molecule has 8 nitrogen and oxygen atoms in total. The molecule has 2 saturated heterocycles. The van der Waals surface area contributed by atoms with E-state index in [1.54, 1.807) is 30.2 Å². The summed E-state index contributed by atoms with van der Waals surface area (Å²) in [6.07, 6.45) is 0.686. The lowest BCUT2D eigenvalue weighted by atomic mass is 9.93. The minimum Gasteiger partial charge on any atom is -0.507 e. The maximum absolute atomic E-state index is 13.5. The van der Waals surface area contributed by atoms with E-state index in [4.69, 9.17) is 14.2 Å². The predicted molar refractivity (Wildman–Crippen MR) is 152 cm³/mol. The Hall–Kier alpha value is -4.14. The fraction of sp³-hybridized carbons (Fsp3) is 0.312. The van der Waals surface area contributed by atoms with Gasteiger partial charge in [-0.05, 0) is 66.9 Å². The van der Waals surface area contributed by atoms with Gasteiger partial charge in [0.2, 0.25) is 0 Å². The second kappa shape index (κ2) is 12.4. The van der Waals surface area contributed by atoms with Gasteiger partial charge in [-0.1, -0.05) is 30.3 Å². The number of ether oxygens (including phenoxy) is 3. The second-order valence-corrected chi connectivity index (χ2v) is 9.97. The number of morpholine rings is 1. The number of hydrogen-bond donors (Lipinski definition) is 1. The molecule has 3 aromatic carbocycles. The van der Waals surface area contributed by atoms with Crippen molar-refractivity contribution in [3.8, 4) is 17.2 Å². The molecule has 2 aliphatic rings. The summed E-state index contributed by atoms with van der Waals surface area (Å²) in [6.45, 7) is 6.07. The summed E-state index contributed by atoms with van der Waals surface area (Å²) in [7, 11) is 1.57. The van der Waals surface area contributed by atoms with E-state index in [1.807, 2.05) is 61.5 Å². The molecule has 0 aromatic heterocycles. The van der Waals surface area contributed by atoms with E-state index in [9.17, 15) is 14.7 Å². The first-order chi connectivity index (χ1) is 19.5. The lowest BCUT2D eigenvalue weighted by Gasteiger charge is -2.29. The van der Waals surface area contributed by atoms with Crippen LogP contribution in [-0.2, 0) is 14.3 Å². The number of likely N-dealkylation sites (tertiary alicyclic amines) is 1. The van der Waals surface area contributed by atoms with Gasteiger partial charge in [-0.25, -0.2) is 0 Å². The van der Waals surface area contributed by atoms with Gasteiger partial charge in [0.1, 0.15) is 23.0 Å². The Labute approximate surface area is 234 Å². The molecular weight excluding hydrogens is 508 g/mol. The largest absolute Gasteiger partial charge is 0.507 e. The monoisotopic (exact) mass is 542 g/mol. The fourth-order valence-electron chi connectivity index (χ4n) is 5.29. The van der Waals surface area contributed by atoms with Crippen molar-refractivity contribution in [1.29, 1.82) is 0 Å². The average Bonchev–Trinajstić information content (AvgIpc) is 3.23. The van der Waals surface area contributed by atoms with Crippen LogP contribution in [0, 0.1) is 6.92 Å². The number of amides is 1. The molecule has 1 atom stereocenters. The van der Waals surface area contributed by atoms with Crippen LogP contribution in [0.15, 0.2) is 78.4 Å². The van der Waals surface area contributed by atoms with Crippen molar-refractivity contribution < 1.29 is 28.9 Å². The lowest BCUT2D eigenvalue weighted by molar-refractivity contribution is -0.140. The Bertz CT molecular complexity index is 1400. The topological polar surface area (TPSA) is 88.5 Å². The van der Waals surface area contributed by atoms with Crippen molar-refractivity contribution in [2.75, 3.05) is 46.5 Å². The zero-order valence-electron chi connectivity index (χ0n) is 22.8. The van der Waals surface area contributed by atoms with Gasteiger partial charge in [0.05, 0.1) is 31.9 Å². The minimum absolute atomic E-state index is 0.0708. The molecule has 1 amide bonds. The van der Waals surface area contributed by atoms with E-state index >= 15 is 0 Å². The summed E-state index contributed by atoms with van der Waals surface area (Å²) in [6, 6.07) is 21.2. The number of aryl methyl sites for hydroxylation is 1. The summed E-state index contributed by atoms with van der Waals surface area (Å²) in [5.41, 5.74) is 1.97. The van der Waals surface area contributed by atoms with Crippen molar-refractivity contribution in [3.63, 3.8) is 0 Å². The highest BCUT2D eigenvalue weighted by molar-refractivity contribution is 6.46. The van der Waals surface area contributed by atoms with Crippen LogP contribution in [0.3, 0.4) is 0 Å². The van der Waals surface area contributed by atoms with Gasteiger partial charge in [-0.2, -0.15) is 0 Å². The molecule has 2 heterocycles. The highest BCUT2D eigenvalue weighted by Gasteiger charge is 2.46. The minimum atomic E-state index is -0.759. The van der Waals surface area contributed by atoms with Gasteiger partial charge >= 0.3 is 0 Å². The average molecular weight is 543 g/mol. The standard InChI is InChI=1S/C32H34N2O6/c1-22-20-25(38-2)12-13-27(22)30(35)28-29(23-8-6-11-26(21-23)40-24-9-4-3-5-10-24)34(32(37)31(28)36)15-7-14-33-16-18-39-19-17-33/h3-6,8-13,20-21,29,35H,7,14-19H2,1-2H3/b30-28+/t29-/m0/s1. The van der Waals surface area contributed by atoms with E-state index in [1.165, 1.54) is 0 Å². The first kappa shape index (κ1) is 27.4. The summed E-state index contributed by atoms with van der Waals surface area (Å²) < 4.78 is 16.8. The lowest BCUT2D eigenvalue weighted by Crippen LogP contribution is -2.38. The molecule has 0 unspecified atom stereocenters. The molecule has 0 radical (unpaired) electrons. The number of benzene rings is 3. The number of carbonyl (C=O) groups excluding carboxylic acids is 2. The van der Waals surface area contributed by atoms with Gasteiger partial charge in [-0.3, -0.25) is 14.5 Å². The number of methoxy groups -OCH3 is 1. The summed E-state index contributed by atoms with van der Waals surface area (Å²) in [4.78, 5) is 30.8. The number of nitrogens with zero attached hydrogens (tertiary/aromatic N) is 2. The zero-order chi connectivity index (χ0) is 28.1. The van der Waals surface area contributed by atoms with Crippen LogP contribution >= 0.6 is 0 Å². The van der Waals surface area contributed by atoms with Crippen LogP contribution in [-0.4, -0.2) is 73.1 Å². The number of aliphatic hydroxyl groups is 1. The van der Waals surface area contributed by atoms with Crippen LogP contribution in [0.25, 0.3) is 5.76 Å². The smallest absolute Gasteiger partial charge is 0.295 e. The Kier molecular flexibility index (Phi) is 8.48. The molecule has 8 heteroatoms. The van der Waals surface area contributed by atoms with Crippen LogP contribution < -0.4 is 9.47 Å². The molecule has 0 saturated carbocycles. The maximum atomic E-state index is 13.5. The van der Waals surface area contributed by atoms with Crippen molar-refractivity contribution in [2.45, 2.75) is 19.4 Å². The number of aliphatic hydroxyl groups excluding tert-OH is 1. The Balaban J connectivity index is 1.51. The summed E-state index contributed by atoms with van der Waals surface area (Å²) in [5, 5.41) is 11.5. The molecule has 2 aliphatic heterocycles. The fourth-order valence-corrected chi connectivity index (χ4v) is 5.29. The number of carbonyl (C=O) groups is 2. The molecule has 40 heavy (non-hydrogen) atoms. The summed E-state index contributed by atoms with van der Waals surface area (Å²) >= 11 is 0. The van der Waals surface area contributed by atoms with Crippen LogP contribution in [0.4, 0.5) is 0 Å². The SMILES string of the molecule is COc1ccc(/C(O)=C2\C(=O)C(=O)N(CCCN3CCOCC3)[C@H]2c2cccc(Oc3ccccc3)c2)c(C)c1. The van der Waals surface area contributed by atoms with Gasteiger partial charge in [-0.15, -0.1) is 0 Å². The molecule has 5 rings (SSSR count). The quantitative estimate of drug-likeness (QED) is 0.233. The number of ketones is 1. The van der Waals surface area contributed by atoms with Gasteiger partial charge in [0.25, 0.3) is 11.7 Å². The van der Waals surface area contributed by atoms with Crippen molar-refractivity contribution in [2.24, 2.45) is 0 Å². The molecule has 3 aromatic rings. The first-order valence-corrected chi connectivity index (χ1v) is 13.5. The number of hydrogen-bond acceptors (Lipinski definition) is 7. The molecule has 0 bridgehead atoms. The van der Waals surface area contributed by atoms with Gasteiger partial charge < -0.3 is 24.2 Å². The van der Waals surface area contributed by atoms with E-state index < -0.39 is 17.7 Å². The molecule has 0 spiro atoms. The van der Waals surface area contributed by atoms with Crippen LogP contribution in [0.2, 0.25) is 0 Å². The third-order valence-corrected chi connectivity index (χ3v) is 7.36. The van der Waals surface area contributed by atoms with Crippen molar-refractivity contribution in [1.82, 2.24) is 9.80 Å². The third-order valence-electron chi connectivity index (χ3n) is 7.36. The molecule has 208 valence electrons. The van der Waals surface area contributed by atoms with E-state index in [0.717, 1.165) is 25.2 Å². The highest BCUT2D eigenvalue weighted by atomic mass is 16.5. The zero-order valence-corrected chi connectivity index (χ0v) is 22.8. The van der Waals surface area contributed by atoms with Crippen molar-refractivity contribution in [3.05, 3.63) is 95.1 Å².